The molecular formula is C20H37N3O3. The zero-order chi connectivity index (χ0) is 19.0. The molecule has 0 saturated carbocycles. The number of guanidine groups is 1. The van der Waals surface area contributed by atoms with E-state index >= 15 is 0 Å². The number of aliphatic hydroxyl groups excluding tert-OH is 1. The van der Waals surface area contributed by atoms with E-state index in [1.807, 2.05) is 19.1 Å². The highest BCUT2D eigenvalue weighted by atomic mass is 16.5. The van der Waals surface area contributed by atoms with Crippen molar-refractivity contribution < 1.29 is 14.3 Å². The first kappa shape index (κ1) is 22.5. The lowest BCUT2D eigenvalue weighted by Gasteiger charge is -2.18. The van der Waals surface area contributed by atoms with Crippen LogP contribution in [0.3, 0.4) is 0 Å². The first-order valence-electron chi connectivity index (χ1n) is 9.88. The van der Waals surface area contributed by atoms with Crippen molar-refractivity contribution in [2.45, 2.75) is 46.5 Å². The second-order valence-electron chi connectivity index (χ2n) is 6.93. The number of aliphatic imine (C=N–C) groups is 1. The molecule has 1 unspecified atom stereocenters. The maximum absolute atomic E-state index is 9.28. The molecule has 0 aliphatic rings. The van der Waals surface area contributed by atoms with Crippen LogP contribution in [-0.2, 0) is 11.2 Å². The smallest absolute Gasteiger partial charge is 0.191 e. The van der Waals surface area contributed by atoms with Crippen molar-refractivity contribution in [3.8, 4) is 0 Å². The number of nitrogens with zero attached hydrogens (tertiary/aromatic N) is 1. The summed E-state index contributed by atoms with van der Waals surface area (Å²) in [6.45, 7) is 10.5. The van der Waals surface area contributed by atoms with Crippen LogP contribution in [0, 0.1) is 11.8 Å². The van der Waals surface area contributed by atoms with Gasteiger partial charge in [0, 0.05) is 45.9 Å². The molecule has 6 nitrogen and oxygen atoms in total. The van der Waals surface area contributed by atoms with Crippen LogP contribution in [0.15, 0.2) is 27.8 Å². The Labute approximate surface area is 158 Å². The molecule has 1 aromatic rings. The van der Waals surface area contributed by atoms with Gasteiger partial charge in [0.05, 0.1) is 6.26 Å². The maximum atomic E-state index is 9.28. The first-order chi connectivity index (χ1) is 12.7. The van der Waals surface area contributed by atoms with Gasteiger partial charge in [-0.05, 0) is 50.2 Å². The molecule has 0 spiro atoms. The zero-order valence-corrected chi connectivity index (χ0v) is 16.7. The van der Waals surface area contributed by atoms with Gasteiger partial charge in [0.15, 0.2) is 5.96 Å². The normalized spacial score (nSPS) is 13.2. The molecule has 1 heterocycles. The summed E-state index contributed by atoms with van der Waals surface area (Å²) >= 11 is 0. The molecule has 0 fully saturated rings. The van der Waals surface area contributed by atoms with E-state index in [0.29, 0.717) is 11.8 Å². The molecular weight excluding hydrogens is 330 g/mol. The second kappa shape index (κ2) is 14.6. The molecule has 0 aliphatic carbocycles. The summed E-state index contributed by atoms with van der Waals surface area (Å²) in [5, 5.41) is 16.0. The fourth-order valence-electron chi connectivity index (χ4n) is 2.81. The number of ether oxygens (including phenoxy) is 1. The molecule has 0 saturated heterocycles. The van der Waals surface area contributed by atoms with Crippen LogP contribution in [0.1, 0.15) is 45.8 Å². The Morgan fingerprint density at radius 3 is 2.77 bits per heavy atom. The summed E-state index contributed by atoms with van der Waals surface area (Å²) in [6, 6.07) is 3.88. The molecule has 1 aromatic heterocycles. The number of rotatable bonds is 14. The number of furan rings is 1. The Bertz CT molecular complexity index is 461. The average molecular weight is 368 g/mol. The van der Waals surface area contributed by atoms with Gasteiger partial charge < -0.3 is 24.9 Å². The topological polar surface area (TPSA) is 79.0 Å². The van der Waals surface area contributed by atoms with Crippen LogP contribution in [-0.4, -0.2) is 50.5 Å². The van der Waals surface area contributed by atoms with Crippen molar-refractivity contribution in [3.05, 3.63) is 24.2 Å². The molecule has 6 heteroatoms. The largest absolute Gasteiger partial charge is 0.469 e. The predicted molar refractivity (Wildman–Crippen MR) is 106 cm³/mol. The van der Waals surface area contributed by atoms with Gasteiger partial charge >= 0.3 is 0 Å². The Kier molecular flexibility index (Phi) is 12.7. The Morgan fingerprint density at radius 2 is 2.12 bits per heavy atom. The number of hydrogen-bond acceptors (Lipinski definition) is 4. The lowest BCUT2D eigenvalue weighted by atomic mass is 9.94. The lowest BCUT2D eigenvalue weighted by molar-refractivity contribution is 0.145. The van der Waals surface area contributed by atoms with Gasteiger partial charge in [-0.2, -0.15) is 0 Å². The van der Waals surface area contributed by atoms with E-state index in [1.165, 1.54) is 0 Å². The summed E-state index contributed by atoms with van der Waals surface area (Å²) in [5.74, 6) is 2.80. The summed E-state index contributed by atoms with van der Waals surface area (Å²) in [5.41, 5.74) is 0. The molecule has 0 bridgehead atoms. The minimum atomic E-state index is 0.218. The number of nitrogens with one attached hydrogen (secondary N) is 2. The lowest BCUT2D eigenvalue weighted by Crippen LogP contribution is -2.39. The van der Waals surface area contributed by atoms with Crippen molar-refractivity contribution in [2.24, 2.45) is 16.8 Å². The molecule has 1 rings (SSSR count). The fourth-order valence-corrected chi connectivity index (χ4v) is 2.81. The van der Waals surface area contributed by atoms with Crippen LogP contribution in [0.5, 0.6) is 0 Å². The quantitative estimate of drug-likeness (QED) is 0.268. The van der Waals surface area contributed by atoms with Gasteiger partial charge in [0.2, 0.25) is 0 Å². The van der Waals surface area contributed by atoms with E-state index in [0.717, 1.165) is 70.3 Å². The van der Waals surface area contributed by atoms with E-state index < -0.39 is 0 Å². The van der Waals surface area contributed by atoms with E-state index in [-0.39, 0.29) is 6.61 Å². The molecule has 3 N–H and O–H groups in total. The van der Waals surface area contributed by atoms with Crippen molar-refractivity contribution in [3.63, 3.8) is 0 Å². The number of aliphatic hydroxyl groups is 1. The zero-order valence-electron chi connectivity index (χ0n) is 16.7. The highest BCUT2D eigenvalue weighted by Gasteiger charge is 2.11. The van der Waals surface area contributed by atoms with E-state index in [1.54, 1.807) is 6.26 Å². The Hall–Kier alpha value is -1.53. The third-order valence-electron chi connectivity index (χ3n) is 4.06. The molecule has 0 radical (unpaired) electrons. The SMILES string of the molecule is CCOCCCNC(=NCC(CCO)CC(C)C)NCCc1ccco1. The summed E-state index contributed by atoms with van der Waals surface area (Å²) in [7, 11) is 0. The standard InChI is InChI=1S/C20H37N3O3/c1-4-25-13-6-10-21-20(22-11-8-19-7-5-14-26-19)23-16-18(9-12-24)15-17(2)3/h5,7,14,17-18,24H,4,6,8-13,15-16H2,1-3H3,(H2,21,22,23). The third-order valence-corrected chi connectivity index (χ3v) is 4.06. The molecule has 0 aliphatic heterocycles. The van der Waals surface area contributed by atoms with Crippen LogP contribution in [0.25, 0.3) is 0 Å². The molecule has 0 amide bonds. The molecule has 1 atom stereocenters. The fraction of sp³-hybridized carbons (Fsp3) is 0.750. The molecule has 0 aromatic carbocycles. The predicted octanol–water partition coefficient (Wildman–Crippen LogP) is 2.83. The maximum Gasteiger partial charge on any atom is 0.191 e. The number of hydrogen-bond donors (Lipinski definition) is 3. The highest BCUT2D eigenvalue weighted by Crippen LogP contribution is 2.15. The van der Waals surface area contributed by atoms with Crippen LogP contribution in [0.4, 0.5) is 0 Å². The van der Waals surface area contributed by atoms with Gasteiger partial charge in [0.25, 0.3) is 0 Å². The van der Waals surface area contributed by atoms with Crippen molar-refractivity contribution in [1.82, 2.24) is 10.6 Å². The minimum absolute atomic E-state index is 0.218. The minimum Gasteiger partial charge on any atom is -0.469 e. The van der Waals surface area contributed by atoms with E-state index in [2.05, 4.69) is 24.5 Å². The van der Waals surface area contributed by atoms with Gasteiger partial charge in [-0.15, -0.1) is 0 Å². The Morgan fingerprint density at radius 1 is 1.31 bits per heavy atom. The summed E-state index contributed by atoms with van der Waals surface area (Å²) < 4.78 is 10.7. The highest BCUT2D eigenvalue weighted by molar-refractivity contribution is 5.79. The van der Waals surface area contributed by atoms with Gasteiger partial charge in [-0.3, -0.25) is 4.99 Å². The van der Waals surface area contributed by atoms with Gasteiger partial charge in [-0.1, -0.05) is 13.8 Å². The average Bonchev–Trinajstić information content (AvgIpc) is 3.11. The van der Waals surface area contributed by atoms with Crippen LogP contribution < -0.4 is 10.6 Å². The van der Waals surface area contributed by atoms with E-state index in [9.17, 15) is 5.11 Å². The molecule has 150 valence electrons. The Balaban J connectivity index is 2.49. The summed E-state index contributed by atoms with van der Waals surface area (Å²) in [4.78, 5) is 4.74. The molecule has 26 heavy (non-hydrogen) atoms. The van der Waals surface area contributed by atoms with Crippen molar-refractivity contribution in [1.29, 1.82) is 0 Å². The van der Waals surface area contributed by atoms with Gasteiger partial charge in [0.1, 0.15) is 5.76 Å². The van der Waals surface area contributed by atoms with Gasteiger partial charge in [-0.25, -0.2) is 0 Å². The first-order valence-corrected chi connectivity index (χ1v) is 9.88. The van der Waals surface area contributed by atoms with Crippen LogP contribution >= 0.6 is 0 Å². The van der Waals surface area contributed by atoms with Crippen molar-refractivity contribution >= 4 is 5.96 Å². The third kappa shape index (κ3) is 11.2. The van der Waals surface area contributed by atoms with Crippen molar-refractivity contribution in [2.75, 3.05) is 39.5 Å². The summed E-state index contributed by atoms with van der Waals surface area (Å²) in [6.07, 6.45) is 5.33. The monoisotopic (exact) mass is 367 g/mol. The second-order valence-corrected chi connectivity index (χ2v) is 6.93. The van der Waals surface area contributed by atoms with E-state index in [4.69, 9.17) is 14.1 Å². The van der Waals surface area contributed by atoms with Crippen LogP contribution in [0.2, 0.25) is 0 Å².